The van der Waals surface area contributed by atoms with Crippen molar-refractivity contribution in [2.24, 2.45) is 0 Å². The Bertz CT molecular complexity index is 1360. The second kappa shape index (κ2) is 6.60. The van der Waals surface area contributed by atoms with Crippen molar-refractivity contribution in [1.29, 1.82) is 0 Å². The summed E-state index contributed by atoms with van der Waals surface area (Å²) in [5.74, 6) is -1.03. The molecule has 0 radical (unpaired) electrons. The Morgan fingerprint density at radius 3 is 2.14 bits per heavy atom. The number of hydrogen-bond donors (Lipinski definition) is 2. The van der Waals surface area contributed by atoms with Gasteiger partial charge in [-0.1, -0.05) is 72.3 Å². The van der Waals surface area contributed by atoms with Gasteiger partial charge >= 0.3 is 5.97 Å². The Hall–Kier alpha value is -3.92. The zero-order valence-corrected chi connectivity index (χ0v) is 15.8. The van der Waals surface area contributed by atoms with Crippen LogP contribution in [0.3, 0.4) is 0 Å². The van der Waals surface area contributed by atoms with Crippen molar-refractivity contribution in [1.82, 2.24) is 9.97 Å². The smallest absolute Gasteiger partial charge is 0.354 e. The molecule has 3 aromatic carbocycles. The van der Waals surface area contributed by atoms with Crippen LogP contribution in [0.2, 0.25) is 0 Å². The van der Waals surface area contributed by atoms with E-state index in [4.69, 9.17) is 0 Å². The summed E-state index contributed by atoms with van der Waals surface area (Å²) in [6, 6.07) is 26.0. The van der Waals surface area contributed by atoms with Crippen molar-refractivity contribution in [2.45, 2.75) is 6.92 Å². The molecular formula is C25H18N2O2. The first kappa shape index (κ1) is 17.2. The quantitative estimate of drug-likeness (QED) is 0.401. The van der Waals surface area contributed by atoms with Gasteiger partial charge in [-0.15, -0.1) is 0 Å². The summed E-state index contributed by atoms with van der Waals surface area (Å²) in [7, 11) is 0. The number of para-hydroxylation sites is 1. The highest BCUT2D eigenvalue weighted by atomic mass is 16.4. The van der Waals surface area contributed by atoms with Crippen LogP contribution in [0.15, 0.2) is 78.9 Å². The number of carboxylic acid groups (broad SMARTS) is 1. The molecule has 0 atom stereocenters. The number of aromatic carboxylic acids is 1. The molecule has 4 heteroatoms. The minimum Gasteiger partial charge on any atom is -0.477 e. The van der Waals surface area contributed by atoms with Gasteiger partial charge in [-0.25, -0.2) is 9.78 Å². The van der Waals surface area contributed by atoms with Gasteiger partial charge in [0.1, 0.15) is 5.69 Å². The van der Waals surface area contributed by atoms with Crippen molar-refractivity contribution in [3.05, 3.63) is 90.1 Å². The summed E-state index contributed by atoms with van der Waals surface area (Å²) in [4.78, 5) is 19.5. The van der Waals surface area contributed by atoms with Gasteiger partial charge in [-0.3, -0.25) is 0 Å². The van der Waals surface area contributed by atoms with Gasteiger partial charge in [-0.05, 0) is 30.2 Å². The van der Waals surface area contributed by atoms with Crippen molar-refractivity contribution < 1.29 is 9.90 Å². The number of hydrogen-bond acceptors (Lipinski definition) is 2. The van der Waals surface area contributed by atoms with Gasteiger partial charge in [0.15, 0.2) is 0 Å². The summed E-state index contributed by atoms with van der Waals surface area (Å²) >= 11 is 0. The molecule has 0 bridgehead atoms. The first-order valence-corrected chi connectivity index (χ1v) is 9.42. The SMILES string of the molecule is Cc1ccc(-c2ccc(-c3nc(C(=O)O)cc4c3[nH]c3ccccc34)cc2)cc1. The van der Waals surface area contributed by atoms with E-state index in [0.717, 1.165) is 38.5 Å². The van der Waals surface area contributed by atoms with E-state index >= 15 is 0 Å². The molecule has 0 aliphatic carbocycles. The van der Waals surface area contributed by atoms with E-state index < -0.39 is 5.97 Å². The monoisotopic (exact) mass is 378 g/mol. The molecule has 29 heavy (non-hydrogen) atoms. The van der Waals surface area contributed by atoms with Gasteiger partial charge in [-0.2, -0.15) is 0 Å². The zero-order valence-electron chi connectivity index (χ0n) is 15.8. The van der Waals surface area contributed by atoms with Crippen LogP contribution in [-0.4, -0.2) is 21.0 Å². The predicted molar refractivity (Wildman–Crippen MR) is 116 cm³/mol. The first-order chi connectivity index (χ1) is 14.1. The van der Waals surface area contributed by atoms with Crippen molar-refractivity contribution in [3.8, 4) is 22.4 Å². The van der Waals surface area contributed by atoms with Crippen LogP contribution < -0.4 is 0 Å². The lowest BCUT2D eigenvalue weighted by molar-refractivity contribution is 0.0691. The van der Waals surface area contributed by atoms with Gasteiger partial charge < -0.3 is 10.1 Å². The number of rotatable bonds is 3. The molecular weight excluding hydrogens is 360 g/mol. The number of H-pyrrole nitrogens is 1. The number of aromatic nitrogens is 2. The number of nitrogens with zero attached hydrogens (tertiary/aromatic N) is 1. The number of fused-ring (bicyclic) bond motifs is 3. The molecule has 5 rings (SSSR count). The van der Waals surface area contributed by atoms with Gasteiger partial charge in [0.2, 0.25) is 0 Å². The molecule has 140 valence electrons. The average Bonchev–Trinajstić information content (AvgIpc) is 3.12. The lowest BCUT2D eigenvalue weighted by Crippen LogP contribution is -2.01. The molecule has 0 amide bonds. The van der Waals surface area contributed by atoms with E-state index in [1.54, 1.807) is 6.07 Å². The lowest BCUT2D eigenvalue weighted by atomic mass is 10.0. The molecule has 2 aromatic heterocycles. The van der Waals surface area contributed by atoms with E-state index in [1.807, 2.05) is 48.5 Å². The summed E-state index contributed by atoms with van der Waals surface area (Å²) < 4.78 is 0. The first-order valence-electron chi connectivity index (χ1n) is 9.42. The number of nitrogens with one attached hydrogen (secondary N) is 1. The summed E-state index contributed by atoms with van der Waals surface area (Å²) in [5.41, 5.74) is 6.85. The number of benzene rings is 3. The van der Waals surface area contributed by atoms with Gasteiger partial charge in [0.05, 0.1) is 11.2 Å². The third-order valence-electron chi connectivity index (χ3n) is 5.26. The van der Waals surface area contributed by atoms with E-state index in [0.29, 0.717) is 5.69 Å². The minimum atomic E-state index is -1.03. The number of carboxylic acids is 1. The van der Waals surface area contributed by atoms with Crippen LogP contribution in [0.5, 0.6) is 0 Å². The summed E-state index contributed by atoms with van der Waals surface area (Å²) in [6.45, 7) is 2.07. The van der Waals surface area contributed by atoms with Crippen LogP contribution in [0, 0.1) is 6.92 Å². The van der Waals surface area contributed by atoms with Crippen molar-refractivity contribution in [2.75, 3.05) is 0 Å². The number of carbonyl (C=O) groups is 1. The molecule has 0 unspecified atom stereocenters. The average molecular weight is 378 g/mol. The maximum absolute atomic E-state index is 11.7. The normalized spacial score (nSPS) is 11.2. The Morgan fingerprint density at radius 1 is 0.828 bits per heavy atom. The van der Waals surface area contributed by atoms with Crippen molar-refractivity contribution in [3.63, 3.8) is 0 Å². The number of aromatic amines is 1. The lowest BCUT2D eigenvalue weighted by Gasteiger charge is -2.07. The predicted octanol–water partition coefficient (Wildman–Crippen LogP) is 6.06. The summed E-state index contributed by atoms with van der Waals surface area (Å²) in [5, 5.41) is 11.4. The third-order valence-corrected chi connectivity index (χ3v) is 5.26. The molecule has 0 aliphatic rings. The maximum atomic E-state index is 11.7. The molecule has 0 fully saturated rings. The summed E-state index contributed by atoms with van der Waals surface area (Å²) in [6.07, 6.45) is 0. The molecule has 0 saturated carbocycles. The molecule has 2 N–H and O–H groups in total. The van der Waals surface area contributed by atoms with Crippen LogP contribution in [0.1, 0.15) is 16.1 Å². The Kier molecular flexibility index (Phi) is 3.91. The Labute approximate surface area is 167 Å². The second-order valence-electron chi connectivity index (χ2n) is 7.20. The fourth-order valence-electron chi connectivity index (χ4n) is 3.73. The fraction of sp³-hybridized carbons (Fsp3) is 0.0400. The minimum absolute atomic E-state index is 0.0415. The highest BCUT2D eigenvalue weighted by molar-refractivity contribution is 6.12. The van der Waals surface area contributed by atoms with E-state index in [-0.39, 0.29) is 5.69 Å². The van der Waals surface area contributed by atoms with Crippen LogP contribution in [0.4, 0.5) is 0 Å². The van der Waals surface area contributed by atoms with Gasteiger partial charge in [0.25, 0.3) is 0 Å². The fourth-order valence-corrected chi connectivity index (χ4v) is 3.73. The maximum Gasteiger partial charge on any atom is 0.354 e. The highest BCUT2D eigenvalue weighted by Gasteiger charge is 2.16. The standard InChI is InChI=1S/C25H18N2O2/c1-15-6-8-16(9-7-15)17-10-12-18(13-11-17)23-24-20(14-22(27-23)25(28)29)19-4-2-3-5-21(19)26-24/h2-14,26H,1H3,(H,28,29). The van der Waals surface area contributed by atoms with Crippen LogP contribution in [-0.2, 0) is 0 Å². The molecule has 5 aromatic rings. The Morgan fingerprint density at radius 2 is 1.45 bits per heavy atom. The van der Waals surface area contributed by atoms with Gasteiger partial charge in [0, 0.05) is 21.9 Å². The topological polar surface area (TPSA) is 66.0 Å². The van der Waals surface area contributed by atoms with Crippen LogP contribution >= 0.6 is 0 Å². The zero-order chi connectivity index (χ0) is 20.0. The molecule has 0 aliphatic heterocycles. The second-order valence-corrected chi connectivity index (χ2v) is 7.20. The van der Waals surface area contributed by atoms with Crippen LogP contribution in [0.25, 0.3) is 44.2 Å². The number of pyridine rings is 1. The molecule has 0 spiro atoms. The van der Waals surface area contributed by atoms with E-state index in [2.05, 4.69) is 41.2 Å². The molecule has 2 heterocycles. The van der Waals surface area contributed by atoms with E-state index in [1.165, 1.54) is 5.56 Å². The highest BCUT2D eigenvalue weighted by Crippen LogP contribution is 2.33. The van der Waals surface area contributed by atoms with Crippen molar-refractivity contribution >= 4 is 27.8 Å². The Balaban J connectivity index is 1.69. The largest absolute Gasteiger partial charge is 0.477 e. The van der Waals surface area contributed by atoms with E-state index in [9.17, 15) is 9.90 Å². The number of aryl methyl sites for hydroxylation is 1. The molecule has 4 nitrogen and oxygen atoms in total. The molecule has 0 saturated heterocycles. The third kappa shape index (κ3) is 2.95.